The molecular weight excluding hydrogens is 166 g/mol. The Kier molecular flexibility index (Phi) is 3.19. The molecule has 2 N–H and O–H groups in total. The molecule has 1 aliphatic heterocycles. The van der Waals surface area contributed by atoms with E-state index >= 15 is 0 Å². The molecular formula is C10H19NO2. The molecule has 0 radical (unpaired) electrons. The predicted molar refractivity (Wildman–Crippen MR) is 50.5 cm³/mol. The lowest BCUT2D eigenvalue weighted by Gasteiger charge is -2.28. The van der Waals surface area contributed by atoms with Crippen LogP contribution in [0, 0.1) is 5.92 Å². The third-order valence-corrected chi connectivity index (χ3v) is 3.15. The SMILES string of the molecule is NC(COC1CCC1)C1CCOC1. The highest BCUT2D eigenvalue weighted by Crippen LogP contribution is 2.23. The summed E-state index contributed by atoms with van der Waals surface area (Å²) in [6.07, 6.45) is 5.40. The van der Waals surface area contributed by atoms with Crippen molar-refractivity contribution in [3.63, 3.8) is 0 Å². The van der Waals surface area contributed by atoms with Crippen molar-refractivity contribution in [2.24, 2.45) is 11.7 Å². The van der Waals surface area contributed by atoms with Gasteiger partial charge >= 0.3 is 0 Å². The maximum absolute atomic E-state index is 6.00. The minimum absolute atomic E-state index is 0.183. The van der Waals surface area contributed by atoms with E-state index in [0.29, 0.717) is 12.0 Å². The van der Waals surface area contributed by atoms with Crippen molar-refractivity contribution in [2.75, 3.05) is 19.8 Å². The van der Waals surface area contributed by atoms with Crippen LogP contribution in [0.3, 0.4) is 0 Å². The Morgan fingerprint density at radius 2 is 2.23 bits per heavy atom. The van der Waals surface area contributed by atoms with E-state index in [0.717, 1.165) is 26.2 Å². The van der Waals surface area contributed by atoms with Gasteiger partial charge in [-0.2, -0.15) is 0 Å². The van der Waals surface area contributed by atoms with E-state index in [4.69, 9.17) is 15.2 Å². The Morgan fingerprint density at radius 1 is 1.38 bits per heavy atom. The Bertz CT molecular complexity index is 153. The molecule has 1 saturated carbocycles. The highest BCUT2D eigenvalue weighted by atomic mass is 16.5. The third-order valence-electron chi connectivity index (χ3n) is 3.15. The molecule has 2 aliphatic rings. The van der Waals surface area contributed by atoms with Gasteiger partial charge in [-0.1, -0.05) is 0 Å². The fourth-order valence-corrected chi connectivity index (χ4v) is 1.81. The zero-order chi connectivity index (χ0) is 9.10. The normalized spacial score (nSPS) is 31.6. The lowest BCUT2D eigenvalue weighted by Crippen LogP contribution is -2.37. The van der Waals surface area contributed by atoms with E-state index in [-0.39, 0.29) is 6.04 Å². The van der Waals surface area contributed by atoms with Crippen LogP contribution in [-0.2, 0) is 9.47 Å². The molecule has 0 aromatic carbocycles. The highest BCUT2D eigenvalue weighted by Gasteiger charge is 2.25. The lowest BCUT2D eigenvalue weighted by atomic mass is 9.95. The van der Waals surface area contributed by atoms with Crippen LogP contribution in [0.2, 0.25) is 0 Å². The average Bonchev–Trinajstić information content (AvgIpc) is 2.52. The van der Waals surface area contributed by atoms with Crippen LogP contribution < -0.4 is 5.73 Å². The standard InChI is InChI=1S/C10H19NO2/c11-10(8-4-5-12-6-8)7-13-9-2-1-3-9/h8-10H,1-7,11H2. The minimum Gasteiger partial charge on any atom is -0.381 e. The Labute approximate surface area is 79.6 Å². The molecule has 13 heavy (non-hydrogen) atoms. The van der Waals surface area contributed by atoms with Gasteiger partial charge in [0, 0.05) is 18.6 Å². The van der Waals surface area contributed by atoms with Crippen LogP contribution in [0.5, 0.6) is 0 Å². The Balaban J connectivity index is 1.62. The maximum Gasteiger partial charge on any atom is 0.0624 e. The summed E-state index contributed by atoms with van der Waals surface area (Å²) in [7, 11) is 0. The van der Waals surface area contributed by atoms with Crippen LogP contribution >= 0.6 is 0 Å². The first-order valence-corrected chi connectivity index (χ1v) is 5.31. The van der Waals surface area contributed by atoms with Crippen molar-refractivity contribution < 1.29 is 9.47 Å². The number of ether oxygens (including phenoxy) is 2. The summed E-state index contributed by atoms with van der Waals surface area (Å²) in [4.78, 5) is 0. The molecule has 1 heterocycles. The predicted octanol–water partition coefficient (Wildman–Crippen LogP) is 0.919. The van der Waals surface area contributed by atoms with Crippen LogP contribution in [0.15, 0.2) is 0 Å². The second kappa shape index (κ2) is 4.40. The quantitative estimate of drug-likeness (QED) is 0.708. The van der Waals surface area contributed by atoms with Crippen molar-refractivity contribution in [2.45, 2.75) is 37.8 Å². The van der Waals surface area contributed by atoms with Crippen LogP contribution in [-0.4, -0.2) is 32.0 Å². The molecule has 2 atom stereocenters. The van der Waals surface area contributed by atoms with Crippen molar-refractivity contribution in [1.29, 1.82) is 0 Å². The first kappa shape index (κ1) is 9.44. The third kappa shape index (κ3) is 2.42. The molecule has 2 rings (SSSR count). The molecule has 0 amide bonds. The molecule has 1 saturated heterocycles. The first-order valence-electron chi connectivity index (χ1n) is 5.31. The van der Waals surface area contributed by atoms with Gasteiger partial charge in [0.25, 0.3) is 0 Å². The van der Waals surface area contributed by atoms with Crippen molar-refractivity contribution in [3.05, 3.63) is 0 Å². The molecule has 0 aromatic heterocycles. The second-order valence-electron chi connectivity index (χ2n) is 4.17. The number of nitrogens with two attached hydrogens (primary N) is 1. The zero-order valence-electron chi connectivity index (χ0n) is 8.08. The van der Waals surface area contributed by atoms with E-state index in [1.54, 1.807) is 0 Å². The van der Waals surface area contributed by atoms with Gasteiger partial charge in [0.15, 0.2) is 0 Å². The van der Waals surface area contributed by atoms with E-state index < -0.39 is 0 Å². The van der Waals surface area contributed by atoms with E-state index in [1.165, 1.54) is 19.3 Å². The summed E-state index contributed by atoms with van der Waals surface area (Å²) < 4.78 is 11.0. The summed E-state index contributed by atoms with van der Waals surface area (Å²) in [5.41, 5.74) is 6.00. The number of hydrogen-bond donors (Lipinski definition) is 1. The van der Waals surface area contributed by atoms with E-state index in [2.05, 4.69) is 0 Å². The van der Waals surface area contributed by atoms with Gasteiger partial charge in [-0.05, 0) is 25.7 Å². The molecule has 2 unspecified atom stereocenters. The summed E-state index contributed by atoms with van der Waals surface area (Å²) in [5.74, 6) is 0.528. The Morgan fingerprint density at radius 3 is 2.77 bits per heavy atom. The minimum atomic E-state index is 0.183. The number of hydrogen-bond acceptors (Lipinski definition) is 3. The lowest BCUT2D eigenvalue weighted by molar-refractivity contribution is -0.0111. The summed E-state index contributed by atoms with van der Waals surface area (Å²) in [6, 6.07) is 0.183. The molecule has 3 nitrogen and oxygen atoms in total. The molecule has 1 aliphatic carbocycles. The van der Waals surface area contributed by atoms with Crippen molar-refractivity contribution in [3.8, 4) is 0 Å². The van der Waals surface area contributed by atoms with Crippen molar-refractivity contribution in [1.82, 2.24) is 0 Å². The smallest absolute Gasteiger partial charge is 0.0624 e. The largest absolute Gasteiger partial charge is 0.381 e. The van der Waals surface area contributed by atoms with Crippen LogP contribution in [0.4, 0.5) is 0 Å². The van der Waals surface area contributed by atoms with Gasteiger partial charge in [0.05, 0.1) is 19.3 Å². The topological polar surface area (TPSA) is 44.5 Å². The molecule has 76 valence electrons. The summed E-state index contributed by atoms with van der Waals surface area (Å²) in [6.45, 7) is 2.43. The van der Waals surface area contributed by atoms with Gasteiger partial charge < -0.3 is 15.2 Å². The molecule has 3 heteroatoms. The van der Waals surface area contributed by atoms with Gasteiger partial charge in [0.2, 0.25) is 0 Å². The monoisotopic (exact) mass is 185 g/mol. The average molecular weight is 185 g/mol. The first-order chi connectivity index (χ1) is 6.36. The van der Waals surface area contributed by atoms with Crippen LogP contribution in [0.1, 0.15) is 25.7 Å². The molecule has 0 spiro atoms. The fraction of sp³-hybridized carbons (Fsp3) is 1.00. The van der Waals surface area contributed by atoms with E-state index in [9.17, 15) is 0 Å². The van der Waals surface area contributed by atoms with E-state index in [1.807, 2.05) is 0 Å². The van der Waals surface area contributed by atoms with Gasteiger partial charge in [-0.3, -0.25) is 0 Å². The maximum atomic E-state index is 6.00. The Hall–Kier alpha value is -0.120. The number of rotatable bonds is 4. The highest BCUT2D eigenvalue weighted by molar-refractivity contribution is 4.77. The van der Waals surface area contributed by atoms with Gasteiger partial charge in [0.1, 0.15) is 0 Å². The van der Waals surface area contributed by atoms with Gasteiger partial charge in [-0.25, -0.2) is 0 Å². The molecule has 0 bridgehead atoms. The summed E-state index contributed by atoms with van der Waals surface area (Å²) >= 11 is 0. The molecule has 0 aromatic rings. The molecule has 2 fully saturated rings. The second-order valence-corrected chi connectivity index (χ2v) is 4.17. The van der Waals surface area contributed by atoms with Crippen molar-refractivity contribution >= 4 is 0 Å². The zero-order valence-corrected chi connectivity index (χ0v) is 8.08. The fourth-order valence-electron chi connectivity index (χ4n) is 1.81. The van der Waals surface area contributed by atoms with Gasteiger partial charge in [-0.15, -0.1) is 0 Å². The summed E-state index contributed by atoms with van der Waals surface area (Å²) in [5, 5.41) is 0. The van der Waals surface area contributed by atoms with Crippen LogP contribution in [0.25, 0.3) is 0 Å².